The molecule has 0 spiro atoms. The first-order chi connectivity index (χ1) is 10.7. The molecule has 5 nitrogen and oxygen atoms in total. The molecule has 0 aliphatic carbocycles. The predicted octanol–water partition coefficient (Wildman–Crippen LogP) is 2.75. The number of rotatable bonds is 5. The summed E-state index contributed by atoms with van der Waals surface area (Å²) in [6, 6.07) is 16.9. The molecule has 110 valence electrons. The van der Waals surface area contributed by atoms with Gasteiger partial charge in [-0.1, -0.05) is 42.5 Å². The Balaban J connectivity index is 1.78. The number of carbonyl (C=O) groups excluding carboxylic acids is 1. The predicted molar refractivity (Wildman–Crippen MR) is 83.3 cm³/mol. The van der Waals surface area contributed by atoms with E-state index in [0.717, 1.165) is 16.7 Å². The topological polar surface area (TPSA) is 81.0 Å². The van der Waals surface area contributed by atoms with Crippen molar-refractivity contribution in [1.82, 2.24) is 10.2 Å². The van der Waals surface area contributed by atoms with Gasteiger partial charge >= 0.3 is 0 Å². The van der Waals surface area contributed by atoms with Crippen LogP contribution in [-0.2, 0) is 6.61 Å². The van der Waals surface area contributed by atoms with Crippen molar-refractivity contribution < 1.29 is 9.53 Å². The lowest BCUT2D eigenvalue weighted by molar-refractivity contribution is 0.100. The Labute approximate surface area is 127 Å². The molecule has 1 aromatic heterocycles. The van der Waals surface area contributed by atoms with Crippen LogP contribution in [0.25, 0.3) is 11.1 Å². The Bertz CT molecular complexity index is 764. The second kappa shape index (κ2) is 6.13. The van der Waals surface area contributed by atoms with E-state index in [9.17, 15) is 4.79 Å². The number of hydrogen-bond acceptors (Lipinski definition) is 3. The van der Waals surface area contributed by atoms with Crippen molar-refractivity contribution in [2.45, 2.75) is 6.61 Å². The normalized spacial score (nSPS) is 10.4. The summed E-state index contributed by atoms with van der Waals surface area (Å²) < 4.78 is 5.79. The van der Waals surface area contributed by atoms with Gasteiger partial charge in [-0.05, 0) is 23.3 Å². The van der Waals surface area contributed by atoms with Crippen molar-refractivity contribution in [3.05, 3.63) is 71.9 Å². The van der Waals surface area contributed by atoms with Crippen LogP contribution in [-0.4, -0.2) is 16.1 Å². The van der Waals surface area contributed by atoms with Crippen LogP contribution in [0.15, 0.2) is 60.8 Å². The molecule has 0 unspecified atom stereocenters. The maximum atomic E-state index is 11.1. The number of hydrogen-bond donors (Lipinski definition) is 2. The Morgan fingerprint density at radius 3 is 2.50 bits per heavy atom. The van der Waals surface area contributed by atoms with Crippen LogP contribution in [0.4, 0.5) is 0 Å². The van der Waals surface area contributed by atoms with E-state index >= 15 is 0 Å². The molecule has 0 atom stereocenters. The van der Waals surface area contributed by atoms with Crippen LogP contribution in [0, 0.1) is 0 Å². The summed E-state index contributed by atoms with van der Waals surface area (Å²) in [7, 11) is 0. The first kappa shape index (κ1) is 13.9. The Kier molecular flexibility index (Phi) is 3.87. The Morgan fingerprint density at radius 2 is 1.82 bits per heavy atom. The van der Waals surface area contributed by atoms with Gasteiger partial charge in [0.05, 0.1) is 11.8 Å². The van der Waals surface area contributed by atoms with Gasteiger partial charge in [0.2, 0.25) is 11.8 Å². The highest BCUT2D eigenvalue weighted by Gasteiger charge is 2.10. The minimum absolute atomic E-state index is 0.445. The number of amides is 1. The van der Waals surface area contributed by atoms with Gasteiger partial charge in [-0.25, -0.2) is 5.10 Å². The Morgan fingerprint density at radius 1 is 1.09 bits per heavy atom. The second-order valence-corrected chi connectivity index (χ2v) is 4.83. The minimum atomic E-state index is -0.445. The molecule has 0 aliphatic heterocycles. The lowest BCUT2D eigenvalue weighted by Gasteiger charge is -2.07. The molecule has 22 heavy (non-hydrogen) atoms. The molecule has 5 heteroatoms. The number of H-pyrrole nitrogens is 1. The van der Waals surface area contributed by atoms with E-state index in [1.54, 1.807) is 18.3 Å². The summed E-state index contributed by atoms with van der Waals surface area (Å²) in [6.45, 7) is 0.454. The van der Waals surface area contributed by atoms with Gasteiger partial charge in [0.25, 0.3) is 0 Å². The fourth-order valence-electron chi connectivity index (χ4n) is 2.13. The molecular formula is C17H15N3O2. The SMILES string of the molecule is NC(=O)c1ccc(-c2cn[nH]c2OCc2ccccc2)cc1. The zero-order valence-corrected chi connectivity index (χ0v) is 11.8. The third kappa shape index (κ3) is 2.98. The molecule has 1 heterocycles. The van der Waals surface area contributed by atoms with Crippen LogP contribution >= 0.6 is 0 Å². The van der Waals surface area contributed by atoms with E-state index in [2.05, 4.69) is 10.2 Å². The van der Waals surface area contributed by atoms with Crippen molar-refractivity contribution in [2.75, 3.05) is 0 Å². The number of aromatic nitrogens is 2. The van der Waals surface area contributed by atoms with E-state index in [4.69, 9.17) is 10.5 Å². The van der Waals surface area contributed by atoms with Gasteiger partial charge in [0, 0.05) is 5.56 Å². The number of ether oxygens (including phenoxy) is 1. The van der Waals surface area contributed by atoms with Crippen LogP contribution < -0.4 is 10.5 Å². The van der Waals surface area contributed by atoms with Crippen molar-refractivity contribution in [3.8, 4) is 17.0 Å². The van der Waals surface area contributed by atoms with Gasteiger partial charge in [-0.3, -0.25) is 4.79 Å². The molecule has 2 aromatic carbocycles. The van der Waals surface area contributed by atoms with Crippen molar-refractivity contribution in [2.24, 2.45) is 5.73 Å². The van der Waals surface area contributed by atoms with Gasteiger partial charge in [0.15, 0.2) is 0 Å². The highest BCUT2D eigenvalue weighted by Crippen LogP contribution is 2.28. The van der Waals surface area contributed by atoms with Crippen LogP contribution in [0.2, 0.25) is 0 Å². The first-order valence-electron chi connectivity index (χ1n) is 6.84. The molecule has 0 bridgehead atoms. The second-order valence-electron chi connectivity index (χ2n) is 4.83. The van der Waals surface area contributed by atoms with Crippen molar-refractivity contribution >= 4 is 5.91 Å². The van der Waals surface area contributed by atoms with Crippen LogP contribution in [0.3, 0.4) is 0 Å². The van der Waals surface area contributed by atoms with E-state index in [-0.39, 0.29) is 0 Å². The van der Waals surface area contributed by atoms with E-state index in [1.807, 2.05) is 42.5 Å². The lowest BCUT2D eigenvalue weighted by atomic mass is 10.1. The number of benzene rings is 2. The summed E-state index contributed by atoms with van der Waals surface area (Å²) in [5, 5.41) is 6.87. The first-order valence-corrected chi connectivity index (χ1v) is 6.84. The molecule has 0 fully saturated rings. The molecule has 3 rings (SSSR count). The number of nitrogens with two attached hydrogens (primary N) is 1. The highest BCUT2D eigenvalue weighted by molar-refractivity contribution is 5.93. The molecule has 3 N–H and O–H groups in total. The minimum Gasteiger partial charge on any atom is -0.473 e. The average Bonchev–Trinajstić information content (AvgIpc) is 3.02. The monoisotopic (exact) mass is 293 g/mol. The molecular weight excluding hydrogens is 278 g/mol. The zero-order valence-electron chi connectivity index (χ0n) is 11.8. The fourth-order valence-corrected chi connectivity index (χ4v) is 2.13. The average molecular weight is 293 g/mol. The summed E-state index contributed by atoms with van der Waals surface area (Å²) in [6.07, 6.45) is 1.69. The number of carbonyl (C=O) groups is 1. The third-order valence-electron chi connectivity index (χ3n) is 3.31. The fraction of sp³-hybridized carbons (Fsp3) is 0.0588. The zero-order chi connectivity index (χ0) is 15.4. The Hall–Kier alpha value is -3.08. The molecule has 3 aromatic rings. The smallest absolute Gasteiger partial charge is 0.248 e. The quantitative estimate of drug-likeness (QED) is 0.759. The van der Waals surface area contributed by atoms with Gasteiger partial charge < -0.3 is 10.5 Å². The molecule has 0 saturated carbocycles. The van der Waals surface area contributed by atoms with Gasteiger partial charge in [0.1, 0.15) is 6.61 Å². The summed E-state index contributed by atoms with van der Waals surface area (Å²) in [5.41, 5.74) is 8.53. The molecule has 0 radical (unpaired) electrons. The van der Waals surface area contributed by atoms with Crippen LogP contribution in [0.5, 0.6) is 5.88 Å². The lowest BCUT2D eigenvalue weighted by Crippen LogP contribution is -2.10. The standard InChI is InChI=1S/C17H15N3O2/c18-16(21)14-8-6-13(7-9-14)15-10-19-20-17(15)22-11-12-4-2-1-3-5-12/h1-10H,11H2,(H2,18,21)(H,19,20). The number of nitrogens with zero attached hydrogens (tertiary/aromatic N) is 1. The van der Waals surface area contributed by atoms with Gasteiger partial charge in [-0.15, -0.1) is 0 Å². The maximum absolute atomic E-state index is 11.1. The summed E-state index contributed by atoms with van der Waals surface area (Å²) in [4.78, 5) is 11.1. The molecule has 0 aliphatic rings. The summed E-state index contributed by atoms with van der Waals surface area (Å²) in [5.74, 6) is 0.148. The maximum Gasteiger partial charge on any atom is 0.248 e. The van der Waals surface area contributed by atoms with Gasteiger partial charge in [-0.2, -0.15) is 5.10 Å². The largest absolute Gasteiger partial charge is 0.473 e. The third-order valence-corrected chi connectivity index (χ3v) is 3.31. The molecule has 0 saturated heterocycles. The van der Waals surface area contributed by atoms with E-state index in [0.29, 0.717) is 18.1 Å². The summed E-state index contributed by atoms with van der Waals surface area (Å²) >= 11 is 0. The van der Waals surface area contributed by atoms with E-state index < -0.39 is 5.91 Å². The van der Waals surface area contributed by atoms with Crippen LogP contribution in [0.1, 0.15) is 15.9 Å². The number of primary amides is 1. The number of nitrogens with one attached hydrogen (secondary N) is 1. The highest BCUT2D eigenvalue weighted by atomic mass is 16.5. The van der Waals surface area contributed by atoms with Crippen molar-refractivity contribution in [3.63, 3.8) is 0 Å². The van der Waals surface area contributed by atoms with Crippen molar-refractivity contribution in [1.29, 1.82) is 0 Å². The number of aromatic amines is 1. The van der Waals surface area contributed by atoms with E-state index in [1.165, 1.54) is 0 Å². The molecule has 1 amide bonds.